The van der Waals surface area contributed by atoms with Crippen molar-refractivity contribution in [1.82, 2.24) is 30.4 Å². The van der Waals surface area contributed by atoms with Gasteiger partial charge in [0.05, 0.1) is 24.9 Å². The number of aromatic nitrogens is 4. The summed E-state index contributed by atoms with van der Waals surface area (Å²) in [6.07, 6.45) is 4.08. The maximum Gasteiger partial charge on any atom is 0.165 e. The average molecular weight is 276 g/mol. The molecule has 20 heavy (non-hydrogen) atoms. The summed E-state index contributed by atoms with van der Waals surface area (Å²) in [5, 5.41) is 15.3. The number of tetrazole rings is 1. The van der Waals surface area contributed by atoms with Crippen LogP contribution in [-0.4, -0.2) is 45.7 Å². The first kappa shape index (κ1) is 13.3. The van der Waals surface area contributed by atoms with Crippen LogP contribution in [0.15, 0.2) is 22.8 Å². The topological polar surface area (TPSA) is 72.0 Å². The molecule has 0 spiro atoms. The molecule has 1 fully saturated rings. The van der Waals surface area contributed by atoms with Crippen molar-refractivity contribution in [3.8, 4) is 0 Å². The van der Waals surface area contributed by atoms with E-state index >= 15 is 0 Å². The molecule has 108 valence electrons. The van der Waals surface area contributed by atoms with Crippen LogP contribution < -0.4 is 5.32 Å². The monoisotopic (exact) mass is 276 g/mol. The van der Waals surface area contributed by atoms with Gasteiger partial charge >= 0.3 is 0 Å². The molecule has 3 rings (SSSR count). The first-order valence-corrected chi connectivity index (χ1v) is 6.93. The lowest BCUT2D eigenvalue weighted by Gasteiger charge is -2.22. The SMILES string of the molecule is CN(C)C(CNCc1nnnn1C1CC1)c1ccco1. The summed E-state index contributed by atoms with van der Waals surface area (Å²) in [4.78, 5) is 2.13. The summed E-state index contributed by atoms with van der Waals surface area (Å²) in [6, 6.07) is 4.63. The average Bonchev–Trinajstić information content (AvgIpc) is 2.94. The number of nitrogens with one attached hydrogen (secondary N) is 1. The van der Waals surface area contributed by atoms with Gasteiger partial charge in [-0.25, -0.2) is 4.68 Å². The Morgan fingerprint density at radius 3 is 3.00 bits per heavy atom. The smallest absolute Gasteiger partial charge is 0.165 e. The molecule has 0 amide bonds. The molecule has 0 bridgehead atoms. The molecule has 1 aliphatic rings. The Hall–Kier alpha value is -1.73. The number of rotatable bonds is 7. The van der Waals surface area contributed by atoms with E-state index in [-0.39, 0.29) is 6.04 Å². The van der Waals surface area contributed by atoms with Gasteiger partial charge in [0.15, 0.2) is 5.82 Å². The predicted octanol–water partition coefficient (Wildman–Crippen LogP) is 0.993. The largest absolute Gasteiger partial charge is 0.468 e. The summed E-state index contributed by atoms with van der Waals surface area (Å²) < 4.78 is 7.42. The van der Waals surface area contributed by atoms with Crippen molar-refractivity contribution in [3.63, 3.8) is 0 Å². The molecule has 2 aromatic heterocycles. The molecule has 2 aromatic rings. The van der Waals surface area contributed by atoms with Crippen LogP contribution in [-0.2, 0) is 6.54 Å². The normalized spacial score (nSPS) is 16.8. The van der Waals surface area contributed by atoms with Gasteiger partial charge in [0.2, 0.25) is 0 Å². The fraction of sp³-hybridized carbons (Fsp3) is 0.615. The van der Waals surface area contributed by atoms with Crippen molar-refractivity contribution >= 4 is 0 Å². The van der Waals surface area contributed by atoms with Crippen molar-refractivity contribution in [2.24, 2.45) is 0 Å². The van der Waals surface area contributed by atoms with Gasteiger partial charge in [0.25, 0.3) is 0 Å². The minimum absolute atomic E-state index is 0.204. The third-order valence-electron chi connectivity index (χ3n) is 3.57. The number of hydrogen-bond acceptors (Lipinski definition) is 6. The molecular weight excluding hydrogens is 256 g/mol. The highest BCUT2D eigenvalue weighted by molar-refractivity contribution is 5.05. The molecule has 7 heteroatoms. The molecular formula is C13H20N6O. The summed E-state index contributed by atoms with van der Waals surface area (Å²) in [5.74, 6) is 1.87. The molecule has 2 heterocycles. The van der Waals surface area contributed by atoms with Gasteiger partial charge < -0.3 is 9.73 Å². The Morgan fingerprint density at radius 1 is 1.50 bits per heavy atom. The summed E-state index contributed by atoms with van der Waals surface area (Å²) in [6.45, 7) is 1.46. The first-order valence-electron chi connectivity index (χ1n) is 6.93. The molecule has 1 unspecified atom stereocenters. The van der Waals surface area contributed by atoms with E-state index in [1.54, 1.807) is 6.26 Å². The van der Waals surface area contributed by atoms with Gasteiger partial charge in [-0.15, -0.1) is 5.10 Å². The number of likely N-dealkylation sites (N-methyl/N-ethyl adjacent to an activating group) is 1. The molecule has 0 aromatic carbocycles. The third-order valence-corrected chi connectivity index (χ3v) is 3.57. The van der Waals surface area contributed by atoms with Crippen LogP contribution in [0, 0.1) is 0 Å². The number of furan rings is 1. The third kappa shape index (κ3) is 2.88. The second kappa shape index (κ2) is 5.72. The van der Waals surface area contributed by atoms with Crippen LogP contribution in [0.1, 0.15) is 36.5 Å². The van der Waals surface area contributed by atoms with Crippen LogP contribution in [0.3, 0.4) is 0 Å². The zero-order valence-electron chi connectivity index (χ0n) is 11.9. The molecule has 0 radical (unpaired) electrons. The minimum Gasteiger partial charge on any atom is -0.468 e. The van der Waals surface area contributed by atoms with E-state index in [0.717, 1.165) is 18.1 Å². The van der Waals surface area contributed by atoms with Crippen molar-refractivity contribution in [2.45, 2.75) is 31.5 Å². The highest BCUT2D eigenvalue weighted by Gasteiger charge is 2.27. The van der Waals surface area contributed by atoms with Crippen molar-refractivity contribution in [2.75, 3.05) is 20.6 Å². The van der Waals surface area contributed by atoms with Gasteiger partial charge in [0, 0.05) is 6.54 Å². The van der Waals surface area contributed by atoms with Gasteiger partial charge in [-0.05, 0) is 49.5 Å². The van der Waals surface area contributed by atoms with E-state index in [2.05, 4.69) is 25.7 Å². The van der Waals surface area contributed by atoms with Gasteiger partial charge in [-0.1, -0.05) is 0 Å². The van der Waals surface area contributed by atoms with Gasteiger partial charge in [-0.3, -0.25) is 4.90 Å². The minimum atomic E-state index is 0.204. The van der Waals surface area contributed by atoms with Crippen LogP contribution >= 0.6 is 0 Å². The summed E-state index contributed by atoms with van der Waals surface area (Å²) in [5.41, 5.74) is 0. The van der Waals surface area contributed by atoms with E-state index in [1.165, 1.54) is 12.8 Å². The standard InChI is InChI=1S/C13H20N6O/c1-18(2)11(12-4-3-7-20-12)8-14-9-13-15-16-17-19(13)10-5-6-10/h3-4,7,10-11,14H,5-6,8-9H2,1-2H3. The Morgan fingerprint density at radius 2 is 2.35 bits per heavy atom. The molecule has 1 aliphatic carbocycles. The Kier molecular flexibility index (Phi) is 3.79. The van der Waals surface area contributed by atoms with E-state index in [9.17, 15) is 0 Å². The fourth-order valence-electron chi connectivity index (χ4n) is 2.27. The van der Waals surface area contributed by atoms with Crippen molar-refractivity contribution in [3.05, 3.63) is 30.0 Å². The summed E-state index contributed by atoms with van der Waals surface area (Å²) >= 11 is 0. The van der Waals surface area contributed by atoms with E-state index in [1.807, 2.05) is 30.9 Å². The molecule has 1 atom stereocenters. The Labute approximate surface area is 117 Å². The predicted molar refractivity (Wildman–Crippen MR) is 72.9 cm³/mol. The fourth-order valence-corrected chi connectivity index (χ4v) is 2.27. The lowest BCUT2D eigenvalue weighted by atomic mass is 10.2. The Bertz CT molecular complexity index is 531. The first-order chi connectivity index (χ1) is 9.75. The molecule has 0 aliphatic heterocycles. The highest BCUT2D eigenvalue weighted by atomic mass is 16.3. The molecule has 0 saturated heterocycles. The van der Waals surface area contributed by atoms with Crippen molar-refractivity contribution in [1.29, 1.82) is 0 Å². The van der Waals surface area contributed by atoms with E-state index < -0.39 is 0 Å². The van der Waals surface area contributed by atoms with Crippen LogP contribution in [0.25, 0.3) is 0 Å². The maximum atomic E-state index is 5.49. The van der Waals surface area contributed by atoms with E-state index in [0.29, 0.717) is 12.6 Å². The van der Waals surface area contributed by atoms with E-state index in [4.69, 9.17) is 4.42 Å². The molecule has 7 nitrogen and oxygen atoms in total. The number of nitrogens with zero attached hydrogens (tertiary/aromatic N) is 5. The van der Waals surface area contributed by atoms with Crippen LogP contribution in [0.2, 0.25) is 0 Å². The second-order valence-electron chi connectivity index (χ2n) is 5.40. The summed E-state index contributed by atoms with van der Waals surface area (Å²) in [7, 11) is 4.09. The lowest BCUT2D eigenvalue weighted by Crippen LogP contribution is -2.31. The van der Waals surface area contributed by atoms with Crippen molar-refractivity contribution < 1.29 is 4.42 Å². The van der Waals surface area contributed by atoms with Gasteiger partial charge in [0.1, 0.15) is 5.76 Å². The molecule has 1 saturated carbocycles. The maximum absolute atomic E-state index is 5.49. The number of hydrogen-bond donors (Lipinski definition) is 1. The lowest BCUT2D eigenvalue weighted by molar-refractivity contribution is 0.249. The Balaban J connectivity index is 1.56. The van der Waals surface area contributed by atoms with Crippen LogP contribution in [0.4, 0.5) is 0 Å². The zero-order valence-corrected chi connectivity index (χ0v) is 11.9. The highest BCUT2D eigenvalue weighted by Crippen LogP contribution is 2.34. The quantitative estimate of drug-likeness (QED) is 0.813. The second-order valence-corrected chi connectivity index (χ2v) is 5.40. The van der Waals surface area contributed by atoms with Crippen LogP contribution in [0.5, 0.6) is 0 Å². The zero-order chi connectivity index (χ0) is 13.9. The van der Waals surface area contributed by atoms with Gasteiger partial charge in [-0.2, -0.15) is 0 Å². The molecule has 1 N–H and O–H groups in total.